The molecule has 0 aliphatic heterocycles. The molecule has 3 N–H and O–H groups in total. The number of phenolic OH excluding ortho intramolecular Hbond substituents is 1. The Morgan fingerprint density at radius 2 is 1.79 bits per heavy atom. The average molecular weight is 277 g/mol. The van der Waals surface area contributed by atoms with Gasteiger partial charge in [0, 0.05) is 29.4 Å². The highest BCUT2D eigenvalue weighted by molar-refractivity contribution is 6.31. The van der Waals surface area contributed by atoms with Crippen LogP contribution in [0.4, 0.5) is 5.69 Å². The van der Waals surface area contributed by atoms with E-state index in [0.29, 0.717) is 18.8 Å². The predicted octanol–water partition coefficient (Wildman–Crippen LogP) is 3.26. The summed E-state index contributed by atoms with van der Waals surface area (Å²) in [6, 6.07) is 12.8. The quantitative estimate of drug-likeness (QED) is 0.666. The van der Waals surface area contributed by atoms with Crippen molar-refractivity contribution in [3.8, 4) is 5.75 Å². The van der Waals surface area contributed by atoms with E-state index in [-0.39, 0.29) is 5.75 Å². The van der Waals surface area contributed by atoms with Gasteiger partial charge in [-0.3, -0.25) is 4.90 Å². The van der Waals surface area contributed by atoms with Gasteiger partial charge in [-0.1, -0.05) is 29.8 Å². The van der Waals surface area contributed by atoms with Crippen molar-refractivity contribution >= 4 is 17.3 Å². The molecular weight excluding hydrogens is 260 g/mol. The van der Waals surface area contributed by atoms with Crippen LogP contribution >= 0.6 is 11.6 Å². The van der Waals surface area contributed by atoms with E-state index in [9.17, 15) is 5.11 Å². The number of nitrogens with zero attached hydrogens (tertiary/aromatic N) is 1. The van der Waals surface area contributed by atoms with Crippen LogP contribution < -0.4 is 5.73 Å². The zero-order valence-corrected chi connectivity index (χ0v) is 11.6. The fourth-order valence-corrected chi connectivity index (χ4v) is 2.19. The number of nitrogen functional groups attached to an aromatic ring is 1. The number of phenols is 1. The molecule has 2 aromatic rings. The molecule has 3 nitrogen and oxygen atoms in total. The highest BCUT2D eigenvalue weighted by Gasteiger charge is 2.08. The van der Waals surface area contributed by atoms with Crippen LogP contribution in [0.5, 0.6) is 5.75 Å². The molecule has 0 aliphatic carbocycles. The third-order valence-electron chi connectivity index (χ3n) is 2.94. The largest absolute Gasteiger partial charge is 0.508 e. The van der Waals surface area contributed by atoms with Gasteiger partial charge in [0.25, 0.3) is 0 Å². The number of rotatable bonds is 4. The Balaban J connectivity index is 2.07. The first-order chi connectivity index (χ1) is 9.06. The minimum Gasteiger partial charge on any atom is -0.508 e. The van der Waals surface area contributed by atoms with Gasteiger partial charge in [-0.05, 0) is 36.9 Å². The van der Waals surface area contributed by atoms with Crippen LogP contribution in [0.3, 0.4) is 0 Å². The maximum absolute atomic E-state index is 9.80. The lowest BCUT2D eigenvalue weighted by molar-refractivity contribution is 0.313. The van der Waals surface area contributed by atoms with Crippen molar-refractivity contribution in [3.63, 3.8) is 0 Å². The zero-order valence-electron chi connectivity index (χ0n) is 10.8. The average Bonchev–Trinajstić information content (AvgIpc) is 2.37. The molecule has 0 spiro atoms. The summed E-state index contributed by atoms with van der Waals surface area (Å²) in [6.07, 6.45) is 0. The van der Waals surface area contributed by atoms with Gasteiger partial charge in [0.15, 0.2) is 0 Å². The Morgan fingerprint density at radius 1 is 1.11 bits per heavy atom. The Hall–Kier alpha value is -1.71. The molecule has 0 radical (unpaired) electrons. The van der Waals surface area contributed by atoms with Gasteiger partial charge in [0.1, 0.15) is 5.75 Å². The van der Waals surface area contributed by atoms with E-state index in [4.69, 9.17) is 17.3 Å². The molecule has 0 heterocycles. The van der Waals surface area contributed by atoms with Crippen molar-refractivity contribution < 1.29 is 5.11 Å². The van der Waals surface area contributed by atoms with E-state index in [1.165, 1.54) is 0 Å². The molecule has 0 aromatic heterocycles. The summed E-state index contributed by atoms with van der Waals surface area (Å²) in [7, 11) is 1.98. The predicted molar refractivity (Wildman–Crippen MR) is 79.1 cm³/mol. The van der Waals surface area contributed by atoms with Gasteiger partial charge in [0.05, 0.1) is 0 Å². The Labute approximate surface area is 118 Å². The smallest absolute Gasteiger partial charge is 0.120 e. The van der Waals surface area contributed by atoms with Crippen LogP contribution in [0.1, 0.15) is 11.1 Å². The topological polar surface area (TPSA) is 49.5 Å². The minimum absolute atomic E-state index is 0.264. The summed E-state index contributed by atoms with van der Waals surface area (Å²) in [4.78, 5) is 2.08. The van der Waals surface area contributed by atoms with Crippen LogP contribution in [-0.4, -0.2) is 17.1 Å². The van der Waals surface area contributed by atoms with E-state index in [2.05, 4.69) is 4.90 Å². The van der Waals surface area contributed by atoms with Crippen LogP contribution in [0.25, 0.3) is 0 Å². The molecule has 4 heteroatoms. The van der Waals surface area contributed by atoms with Crippen LogP contribution in [-0.2, 0) is 13.1 Å². The van der Waals surface area contributed by atoms with Crippen molar-refractivity contribution in [1.82, 2.24) is 4.90 Å². The van der Waals surface area contributed by atoms with E-state index in [0.717, 1.165) is 16.1 Å². The molecule has 0 saturated carbocycles. The maximum Gasteiger partial charge on any atom is 0.120 e. The number of nitrogens with two attached hydrogens (primary N) is 1. The lowest BCUT2D eigenvalue weighted by atomic mass is 10.1. The Kier molecular flexibility index (Phi) is 4.30. The second-order valence-electron chi connectivity index (χ2n) is 4.65. The highest BCUT2D eigenvalue weighted by Crippen LogP contribution is 2.23. The van der Waals surface area contributed by atoms with Gasteiger partial charge in [-0.2, -0.15) is 0 Å². The van der Waals surface area contributed by atoms with E-state index < -0.39 is 0 Å². The normalized spacial score (nSPS) is 10.9. The molecule has 2 rings (SSSR count). The van der Waals surface area contributed by atoms with Crippen molar-refractivity contribution in [2.45, 2.75) is 13.1 Å². The van der Waals surface area contributed by atoms with Gasteiger partial charge in [0.2, 0.25) is 0 Å². The van der Waals surface area contributed by atoms with Gasteiger partial charge < -0.3 is 10.8 Å². The lowest BCUT2D eigenvalue weighted by Crippen LogP contribution is -2.17. The fourth-order valence-electron chi connectivity index (χ4n) is 2.00. The molecule has 2 aromatic carbocycles. The van der Waals surface area contributed by atoms with Crippen LogP contribution in [0, 0.1) is 0 Å². The first-order valence-electron chi connectivity index (χ1n) is 6.05. The minimum atomic E-state index is 0.264. The summed E-state index contributed by atoms with van der Waals surface area (Å²) in [6.45, 7) is 1.33. The Morgan fingerprint density at radius 3 is 2.53 bits per heavy atom. The number of aromatic hydroxyl groups is 1. The van der Waals surface area contributed by atoms with E-state index in [1.54, 1.807) is 18.2 Å². The number of halogens is 1. The number of hydrogen-bond donors (Lipinski definition) is 2. The molecular formula is C15H17ClN2O. The number of anilines is 1. The molecule has 19 heavy (non-hydrogen) atoms. The molecule has 0 saturated heterocycles. The van der Waals surface area contributed by atoms with Crippen molar-refractivity contribution in [3.05, 3.63) is 58.6 Å². The van der Waals surface area contributed by atoms with E-state index in [1.807, 2.05) is 31.3 Å². The standard InChI is InChI=1S/C15H17ClN2O/c1-18(9-11-4-2-3-5-14(11)16)10-12-8-13(17)6-7-15(12)19/h2-8,19H,9-10,17H2,1H3. The monoisotopic (exact) mass is 276 g/mol. The summed E-state index contributed by atoms with van der Waals surface area (Å²) in [5, 5.41) is 10.6. The second-order valence-corrected chi connectivity index (χ2v) is 5.06. The highest BCUT2D eigenvalue weighted by atomic mass is 35.5. The van der Waals surface area contributed by atoms with Gasteiger partial charge >= 0.3 is 0 Å². The SMILES string of the molecule is CN(Cc1cc(N)ccc1O)Cc1ccccc1Cl. The lowest BCUT2D eigenvalue weighted by Gasteiger charge is -2.18. The zero-order chi connectivity index (χ0) is 13.8. The molecule has 0 atom stereocenters. The van der Waals surface area contributed by atoms with Crippen LogP contribution in [0.2, 0.25) is 5.02 Å². The maximum atomic E-state index is 9.80. The van der Waals surface area contributed by atoms with Crippen molar-refractivity contribution in [1.29, 1.82) is 0 Å². The van der Waals surface area contributed by atoms with Crippen molar-refractivity contribution in [2.24, 2.45) is 0 Å². The fraction of sp³-hybridized carbons (Fsp3) is 0.200. The molecule has 0 bridgehead atoms. The molecule has 0 fully saturated rings. The number of hydrogen-bond acceptors (Lipinski definition) is 3. The van der Waals surface area contributed by atoms with Crippen molar-refractivity contribution in [2.75, 3.05) is 12.8 Å². The molecule has 0 aliphatic rings. The number of benzene rings is 2. The van der Waals surface area contributed by atoms with Gasteiger partial charge in [-0.25, -0.2) is 0 Å². The second kappa shape index (κ2) is 5.95. The van der Waals surface area contributed by atoms with Gasteiger partial charge in [-0.15, -0.1) is 0 Å². The third kappa shape index (κ3) is 3.63. The first-order valence-corrected chi connectivity index (χ1v) is 6.43. The molecule has 0 amide bonds. The molecule has 0 unspecified atom stereocenters. The summed E-state index contributed by atoms with van der Waals surface area (Å²) in [5.41, 5.74) is 8.26. The summed E-state index contributed by atoms with van der Waals surface area (Å²) >= 11 is 6.13. The summed E-state index contributed by atoms with van der Waals surface area (Å²) < 4.78 is 0. The Bertz CT molecular complexity index is 572. The third-order valence-corrected chi connectivity index (χ3v) is 3.31. The van der Waals surface area contributed by atoms with E-state index >= 15 is 0 Å². The van der Waals surface area contributed by atoms with Crippen LogP contribution in [0.15, 0.2) is 42.5 Å². The molecule has 100 valence electrons. The first kappa shape index (κ1) is 13.7. The summed E-state index contributed by atoms with van der Waals surface area (Å²) in [5.74, 6) is 0.264.